The number of carbonyl (C=O) groups excluding carboxylic acids is 1. The minimum atomic E-state index is -0.0834. The highest BCUT2D eigenvalue weighted by atomic mass is 79.9. The molecule has 0 radical (unpaired) electrons. The van der Waals surface area contributed by atoms with Gasteiger partial charge in [-0.1, -0.05) is 15.9 Å². The zero-order valence-corrected chi connectivity index (χ0v) is 11.5. The summed E-state index contributed by atoms with van der Waals surface area (Å²) in [6.07, 6.45) is 5.25. The second kappa shape index (κ2) is 5.77. The quantitative estimate of drug-likeness (QED) is 0.934. The lowest BCUT2D eigenvalue weighted by molar-refractivity contribution is -0.122. The molecule has 0 aliphatic rings. The maximum Gasteiger partial charge on any atom is 0.242 e. The van der Waals surface area contributed by atoms with Crippen molar-refractivity contribution in [1.29, 1.82) is 0 Å². The van der Waals surface area contributed by atoms with Crippen LogP contribution in [0.3, 0.4) is 0 Å². The molecule has 0 spiro atoms. The predicted octanol–water partition coefficient (Wildman–Crippen LogP) is 1.67. The maximum atomic E-state index is 11.7. The van der Waals surface area contributed by atoms with Crippen LogP contribution in [-0.2, 0) is 17.9 Å². The van der Waals surface area contributed by atoms with Crippen LogP contribution >= 0.6 is 15.9 Å². The van der Waals surface area contributed by atoms with E-state index in [0.29, 0.717) is 6.54 Å². The van der Waals surface area contributed by atoms with E-state index in [1.165, 1.54) is 0 Å². The summed E-state index contributed by atoms with van der Waals surface area (Å²) in [6, 6.07) is 3.72. The SMILES string of the molecule is Cc1cnn(CC(=O)NCc2cc(Br)ccn2)c1. The topological polar surface area (TPSA) is 59.8 Å². The molecule has 6 heteroatoms. The summed E-state index contributed by atoms with van der Waals surface area (Å²) in [7, 11) is 0. The van der Waals surface area contributed by atoms with E-state index in [-0.39, 0.29) is 12.5 Å². The summed E-state index contributed by atoms with van der Waals surface area (Å²) in [6.45, 7) is 2.58. The number of aryl methyl sites for hydroxylation is 1. The van der Waals surface area contributed by atoms with Crippen molar-refractivity contribution >= 4 is 21.8 Å². The molecule has 0 unspecified atom stereocenters. The Balaban J connectivity index is 1.85. The van der Waals surface area contributed by atoms with Gasteiger partial charge < -0.3 is 5.32 Å². The second-order valence-corrected chi connectivity index (χ2v) is 4.87. The van der Waals surface area contributed by atoms with E-state index in [9.17, 15) is 4.79 Å². The fourth-order valence-electron chi connectivity index (χ4n) is 1.49. The molecule has 1 N–H and O–H groups in total. The van der Waals surface area contributed by atoms with Crippen LogP contribution in [0.4, 0.5) is 0 Å². The van der Waals surface area contributed by atoms with Crippen LogP contribution in [0.15, 0.2) is 35.2 Å². The average Bonchev–Trinajstić information content (AvgIpc) is 2.72. The summed E-state index contributed by atoms with van der Waals surface area (Å²) in [5.74, 6) is -0.0834. The standard InChI is InChI=1S/C12H13BrN4O/c1-9-5-16-17(7-9)8-12(18)15-6-11-4-10(13)2-3-14-11/h2-5,7H,6,8H2,1H3,(H,15,18). The first-order valence-electron chi connectivity index (χ1n) is 5.49. The number of pyridine rings is 1. The molecule has 2 aromatic rings. The van der Waals surface area contributed by atoms with Crippen LogP contribution in [0.5, 0.6) is 0 Å². The van der Waals surface area contributed by atoms with Crippen LogP contribution < -0.4 is 5.32 Å². The average molecular weight is 309 g/mol. The van der Waals surface area contributed by atoms with E-state index in [1.807, 2.05) is 25.3 Å². The molecule has 94 valence electrons. The van der Waals surface area contributed by atoms with Crippen molar-refractivity contribution in [3.05, 3.63) is 46.5 Å². The first kappa shape index (κ1) is 12.8. The van der Waals surface area contributed by atoms with Crippen molar-refractivity contribution in [2.24, 2.45) is 0 Å². The Morgan fingerprint density at radius 2 is 2.39 bits per heavy atom. The van der Waals surface area contributed by atoms with Crippen molar-refractivity contribution in [3.63, 3.8) is 0 Å². The van der Waals surface area contributed by atoms with Gasteiger partial charge in [0.05, 0.1) is 18.4 Å². The molecule has 2 aromatic heterocycles. The van der Waals surface area contributed by atoms with Crippen molar-refractivity contribution in [3.8, 4) is 0 Å². The fourth-order valence-corrected chi connectivity index (χ4v) is 1.87. The molecular weight excluding hydrogens is 296 g/mol. The third-order valence-corrected chi connectivity index (χ3v) is 2.81. The minimum Gasteiger partial charge on any atom is -0.349 e. The highest BCUT2D eigenvalue weighted by Gasteiger charge is 2.04. The zero-order valence-electron chi connectivity index (χ0n) is 9.93. The first-order chi connectivity index (χ1) is 8.63. The number of rotatable bonds is 4. The third-order valence-electron chi connectivity index (χ3n) is 2.31. The van der Waals surface area contributed by atoms with Gasteiger partial charge in [-0.3, -0.25) is 14.5 Å². The molecule has 0 saturated carbocycles. The van der Waals surface area contributed by atoms with E-state index >= 15 is 0 Å². The predicted molar refractivity (Wildman–Crippen MR) is 70.7 cm³/mol. The maximum absolute atomic E-state index is 11.7. The Hall–Kier alpha value is -1.69. The summed E-state index contributed by atoms with van der Waals surface area (Å²) in [4.78, 5) is 15.8. The summed E-state index contributed by atoms with van der Waals surface area (Å²) in [5, 5.41) is 6.86. The molecule has 0 atom stereocenters. The summed E-state index contributed by atoms with van der Waals surface area (Å²) >= 11 is 3.36. The van der Waals surface area contributed by atoms with Crippen molar-refractivity contribution < 1.29 is 4.79 Å². The monoisotopic (exact) mass is 308 g/mol. The van der Waals surface area contributed by atoms with Crippen molar-refractivity contribution in [2.75, 3.05) is 0 Å². The molecular formula is C12H13BrN4O. The van der Waals surface area contributed by atoms with Gasteiger partial charge in [0.1, 0.15) is 6.54 Å². The number of nitrogens with one attached hydrogen (secondary N) is 1. The third kappa shape index (κ3) is 3.66. The Labute approximate surface area is 113 Å². The molecule has 18 heavy (non-hydrogen) atoms. The lowest BCUT2D eigenvalue weighted by Crippen LogP contribution is -2.27. The van der Waals surface area contributed by atoms with Gasteiger partial charge in [0.25, 0.3) is 0 Å². The van der Waals surface area contributed by atoms with Crippen LogP contribution in [0.2, 0.25) is 0 Å². The molecule has 0 fully saturated rings. The van der Waals surface area contributed by atoms with Crippen LogP contribution in [0.1, 0.15) is 11.3 Å². The van der Waals surface area contributed by atoms with Gasteiger partial charge in [0.15, 0.2) is 0 Å². The number of amides is 1. The number of hydrogen-bond acceptors (Lipinski definition) is 3. The van der Waals surface area contributed by atoms with Crippen LogP contribution in [0.25, 0.3) is 0 Å². The second-order valence-electron chi connectivity index (χ2n) is 3.96. The normalized spacial score (nSPS) is 10.3. The Bertz CT molecular complexity index is 553. The fraction of sp³-hybridized carbons (Fsp3) is 0.250. The van der Waals surface area contributed by atoms with Gasteiger partial charge in [-0.25, -0.2) is 0 Å². The molecule has 0 aromatic carbocycles. The molecule has 2 heterocycles. The van der Waals surface area contributed by atoms with Gasteiger partial charge in [-0.05, 0) is 24.6 Å². The minimum absolute atomic E-state index is 0.0834. The molecule has 0 bridgehead atoms. The Morgan fingerprint density at radius 3 is 3.06 bits per heavy atom. The highest BCUT2D eigenvalue weighted by molar-refractivity contribution is 9.10. The largest absolute Gasteiger partial charge is 0.349 e. The van der Waals surface area contributed by atoms with Crippen LogP contribution in [0, 0.1) is 6.92 Å². The molecule has 2 rings (SSSR count). The number of halogens is 1. The lowest BCUT2D eigenvalue weighted by Gasteiger charge is -2.05. The summed E-state index contributed by atoms with van der Waals surface area (Å²) in [5.41, 5.74) is 1.85. The summed E-state index contributed by atoms with van der Waals surface area (Å²) < 4.78 is 2.56. The number of hydrogen-bond donors (Lipinski definition) is 1. The van der Waals surface area contributed by atoms with Crippen molar-refractivity contribution in [1.82, 2.24) is 20.1 Å². The number of carbonyl (C=O) groups is 1. The molecule has 5 nitrogen and oxygen atoms in total. The van der Waals surface area contributed by atoms with Gasteiger partial charge in [0, 0.05) is 16.9 Å². The lowest BCUT2D eigenvalue weighted by atomic mass is 10.3. The van der Waals surface area contributed by atoms with Gasteiger partial charge in [-0.15, -0.1) is 0 Å². The number of nitrogens with zero attached hydrogens (tertiary/aromatic N) is 3. The Kier molecular flexibility index (Phi) is 4.09. The van der Waals surface area contributed by atoms with Gasteiger partial charge in [-0.2, -0.15) is 5.10 Å². The molecule has 0 saturated heterocycles. The van der Waals surface area contributed by atoms with E-state index in [1.54, 1.807) is 17.1 Å². The van der Waals surface area contributed by atoms with Crippen molar-refractivity contribution in [2.45, 2.75) is 20.0 Å². The Morgan fingerprint density at radius 1 is 1.56 bits per heavy atom. The van der Waals surface area contributed by atoms with Gasteiger partial charge in [0.2, 0.25) is 5.91 Å². The zero-order chi connectivity index (χ0) is 13.0. The number of aromatic nitrogens is 3. The molecule has 0 aliphatic carbocycles. The highest BCUT2D eigenvalue weighted by Crippen LogP contribution is 2.08. The van der Waals surface area contributed by atoms with Crippen LogP contribution in [-0.4, -0.2) is 20.7 Å². The van der Waals surface area contributed by atoms with E-state index < -0.39 is 0 Å². The van der Waals surface area contributed by atoms with Gasteiger partial charge >= 0.3 is 0 Å². The molecule has 0 aliphatic heterocycles. The smallest absolute Gasteiger partial charge is 0.242 e. The van der Waals surface area contributed by atoms with E-state index in [2.05, 4.69) is 31.3 Å². The first-order valence-corrected chi connectivity index (χ1v) is 6.29. The molecule has 1 amide bonds. The van der Waals surface area contributed by atoms with E-state index in [4.69, 9.17) is 0 Å². The van der Waals surface area contributed by atoms with E-state index in [0.717, 1.165) is 15.7 Å².